The molecular weight excluding hydrogens is 695 g/mol. The number of phenolic OH excluding ortho intramolecular Hbond substituents is 8. The van der Waals surface area contributed by atoms with Crippen molar-refractivity contribution in [1.82, 2.24) is 4.98 Å². The van der Waals surface area contributed by atoms with Gasteiger partial charge in [0.05, 0.1) is 5.52 Å². The van der Waals surface area contributed by atoms with Gasteiger partial charge in [-0.15, -0.1) is 0 Å². The van der Waals surface area contributed by atoms with Crippen molar-refractivity contribution in [2.45, 2.75) is 0 Å². The first-order valence-corrected chi connectivity index (χ1v) is 17.4. The van der Waals surface area contributed by atoms with Crippen molar-refractivity contribution >= 4 is 64.9 Å². The highest BCUT2D eigenvalue weighted by molar-refractivity contribution is 6.31. The van der Waals surface area contributed by atoms with Gasteiger partial charge >= 0.3 is 0 Å². The molecule has 10 rings (SSSR count). The third kappa shape index (κ3) is 4.35. The summed E-state index contributed by atoms with van der Waals surface area (Å²) in [5, 5.41) is 95.9. The molecule has 0 spiro atoms. The minimum Gasteiger partial charge on any atom is -0.504 e. The summed E-state index contributed by atoms with van der Waals surface area (Å²) in [5.41, 5.74) is 3.72. The van der Waals surface area contributed by atoms with E-state index < -0.39 is 46.0 Å². The van der Waals surface area contributed by atoms with E-state index in [0.717, 1.165) is 49.0 Å². The minimum absolute atomic E-state index is 0.0144. The Morgan fingerprint density at radius 2 is 0.782 bits per heavy atom. The molecule has 9 nitrogen and oxygen atoms in total. The van der Waals surface area contributed by atoms with Crippen molar-refractivity contribution in [2.24, 2.45) is 0 Å². The fourth-order valence-corrected chi connectivity index (χ4v) is 8.29. The molecule has 1 heterocycles. The molecular formula is C46H29NO8. The third-order valence-corrected chi connectivity index (χ3v) is 10.8. The molecule has 9 N–H and O–H groups in total. The van der Waals surface area contributed by atoms with E-state index in [0.29, 0.717) is 16.6 Å². The second-order valence-corrected chi connectivity index (χ2v) is 13.7. The van der Waals surface area contributed by atoms with Crippen LogP contribution in [0.2, 0.25) is 0 Å². The first-order valence-electron chi connectivity index (χ1n) is 17.4. The van der Waals surface area contributed by atoms with E-state index in [9.17, 15) is 40.9 Å². The van der Waals surface area contributed by atoms with Crippen molar-refractivity contribution in [3.8, 4) is 79.4 Å². The Balaban J connectivity index is 1.36. The van der Waals surface area contributed by atoms with Crippen molar-refractivity contribution in [2.75, 3.05) is 0 Å². The van der Waals surface area contributed by atoms with E-state index in [1.807, 2.05) is 97.1 Å². The SMILES string of the molecule is Oc1c(O)c(O)c2c(-c3cccc4c3[nH]c3cc5ccccc5cc34)c3c(O)c(O)c(O)c(O)c3c(-c3ccc(-c4cccc5ccccc45)cc3)c2c1O. The number of rotatable bonds is 3. The molecule has 0 fully saturated rings. The van der Waals surface area contributed by atoms with Crippen LogP contribution in [0.4, 0.5) is 0 Å². The molecule has 0 saturated carbocycles. The summed E-state index contributed by atoms with van der Waals surface area (Å²) in [6.07, 6.45) is 0. The zero-order valence-electron chi connectivity index (χ0n) is 28.6. The van der Waals surface area contributed by atoms with E-state index in [2.05, 4.69) is 4.98 Å². The van der Waals surface area contributed by atoms with Crippen LogP contribution in [0.5, 0.6) is 46.0 Å². The number of fused-ring (bicyclic) bond motifs is 7. The molecule has 55 heavy (non-hydrogen) atoms. The number of hydrogen-bond donors (Lipinski definition) is 9. The van der Waals surface area contributed by atoms with Crippen LogP contribution in [-0.2, 0) is 0 Å². The Labute approximate surface area is 310 Å². The largest absolute Gasteiger partial charge is 0.504 e. The summed E-state index contributed by atoms with van der Waals surface area (Å²) in [5.74, 6) is -7.42. The Kier molecular flexibility index (Phi) is 6.59. The lowest BCUT2D eigenvalue weighted by atomic mass is 9.83. The van der Waals surface area contributed by atoms with Gasteiger partial charge in [0, 0.05) is 54.5 Å². The van der Waals surface area contributed by atoms with Crippen LogP contribution in [-0.4, -0.2) is 45.8 Å². The smallest absolute Gasteiger partial charge is 0.204 e. The first kappa shape index (κ1) is 31.9. The number of para-hydroxylation sites is 1. The monoisotopic (exact) mass is 723 g/mol. The average Bonchev–Trinajstić information content (AvgIpc) is 3.59. The highest BCUT2D eigenvalue weighted by Gasteiger charge is 2.33. The van der Waals surface area contributed by atoms with Crippen molar-refractivity contribution in [1.29, 1.82) is 0 Å². The van der Waals surface area contributed by atoms with Gasteiger partial charge < -0.3 is 45.8 Å². The maximum Gasteiger partial charge on any atom is 0.204 e. The highest BCUT2D eigenvalue weighted by Crippen LogP contribution is 2.62. The van der Waals surface area contributed by atoms with Crippen LogP contribution in [0.3, 0.4) is 0 Å². The molecule has 1 aromatic heterocycles. The predicted octanol–water partition coefficient (Wildman–Crippen LogP) is 10.6. The van der Waals surface area contributed by atoms with Crippen LogP contribution < -0.4 is 0 Å². The van der Waals surface area contributed by atoms with E-state index in [1.54, 1.807) is 24.3 Å². The Morgan fingerprint density at radius 1 is 0.327 bits per heavy atom. The number of hydrogen-bond acceptors (Lipinski definition) is 8. The molecule has 0 unspecified atom stereocenters. The maximum absolute atomic E-state index is 11.8. The quantitative estimate of drug-likeness (QED) is 0.0491. The number of phenols is 8. The molecule has 9 heteroatoms. The molecule has 10 aromatic rings. The summed E-state index contributed by atoms with van der Waals surface area (Å²) < 4.78 is 0. The van der Waals surface area contributed by atoms with E-state index in [-0.39, 0.29) is 32.7 Å². The molecule has 0 radical (unpaired) electrons. The summed E-state index contributed by atoms with van der Waals surface area (Å²) in [4.78, 5) is 3.46. The lowest BCUT2D eigenvalue weighted by Crippen LogP contribution is -1.95. The second-order valence-electron chi connectivity index (χ2n) is 13.7. The molecule has 0 aliphatic heterocycles. The van der Waals surface area contributed by atoms with Gasteiger partial charge in [-0.2, -0.15) is 0 Å². The highest BCUT2D eigenvalue weighted by atomic mass is 16.4. The molecule has 0 atom stereocenters. The molecule has 9 aromatic carbocycles. The van der Waals surface area contributed by atoms with Crippen molar-refractivity contribution in [3.05, 3.63) is 121 Å². The molecule has 0 aliphatic rings. The predicted molar refractivity (Wildman–Crippen MR) is 215 cm³/mol. The standard InChI is InChI=1S/C46H29NO8/c48-39-34-32(23-17-15-22(16-18-23)27-12-5-10-21-7-3-4-11-26(21)27)35-37(42(51)46(55)44(53)40(35)49)33(36(34)41(50)45(54)43(39)52)29-14-6-13-28-30-19-24-8-1-2-9-25(24)20-31(30)47-38(28)29/h1-20,47-55H. The number of H-pyrrole nitrogens is 1. The Bertz CT molecular complexity index is 3210. The topological polar surface area (TPSA) is 178 Å². The van der Waals surface area contributed by atoms with Crippen LogP contribution in [0.25, 0.3) is 98.3 Å². The van der Waals surface area contributed by atoms with Crippen LogP contribution in [0.1, 0.15) is 0 Å². The molecule has 0 saturated heterocycles. The maximum atomic E-state index is 11.8. The first-order chi connectivity index (χ1) is 26.6. The number of aromatic nitrogens is 1. The summed E-state index contributed by atoms with van der Waals surface area (Å²) in [6, 6.07) is 38.2. The van der Waals surface area contributed by atoms with Crippen LogP contribution in [0, 0.1) is 0 Å². The van der Waals surface area contributed by atoms with Gasteiger partial charge in [0.1, 0.15) is 0 Å². The van der Waals surface area contributed by atoms with Gasteiger partial charge in [-0.05, 0) is 50.4 Å². The van der Waals surface area contributed by atoms with Gasteiger partial charge in [0.2, 0.25) is 23.0 Å². The van der Waals surface area contributed by atoms with Gasteiger partial charge in [0.15, 0.2) is 23.0 Å². The van der Waals surface area contributed by atoms with E-state index in [1.165, 1.54) is 0 Å². The van der Waals surface area contributed by atoms with E-state index in [4.69, 9.17) is 0 Å². The number of aromatic amines is 1. The molecule has 0 aliphatic carbocycles. The Hall–Kier alpha value is -7.78. The second kappa shape index (κ2) is 11.4. The van der Waals surface area contributed by atoms with Gasteiger partial charge in [-0.3, -0.25) is 0 Å². The fourth-order valence-electron chi connectivity index (χ4n) is 8.29. The third-order valence-electron chi connectivity index (χ3n) is 10.8. The zero-order chi connectivity index (χ0) is 37.9. The summed E-state index contributed by atoms with van der Waals surface area (Å²) >= 11 is 0. The van der Waals surface area contributed by atoms with Crippen LogP contribution >= 0.6 is 0 Å². The molecule has 266 valence electrons. The Morgan fingerprint density at radius 3 is 1.40 bits per heavy atom. The number of aromatic hydroxyl groups is 8. The summed E-state index contributed by atoms with van der Waals surface area (Å²) in [7, 11) is 0. The van der Waals surface area contributed by atoms with Crippen molar-refractivity contribution < 1.29 is 40.9 Å². The van der Waals surface area contributed by atoms with E-state index >= 15 is 0 Å². The average molecular weight is 724 g/mol. The summed E-state index contributed by atoms with van der Waals surface area (Å²) in [6.45, 7) is 0. The van der Waals surface area contributed by atoms with Crippen LogP contribution in [0.15, 0.2) is 121 Å². The number of benzene rings is 9. The van der Waals surface area contributed by atoms with Gasteiger partial charge in [-0.1, -0.05) is 109 Å². The zero-order valence-corrected chi connectivity index (χ0v) is 28.6. The lowest BCUT2D eigenvalue weighted by Gasteiger charge is -2.23. The van der Waals surface area contributed by atoms with Crippen molar-refractivity contribution in [3.63, 3.8) is 0 Å². The van der Waals surface area contributed by atoms with Gasteiger partial charge in [0.25, 0.3) is 0 Å². The molecule has 0 amide bonds. The minimum atomic E-state index is -1.02. The normalized spacial score (nSPS) is 11.9. The molecule has 0 bridgehead atoms. The lowest BCUT2D eigenvalue weighted by molar-refractivity contribution is 0.350. The van der Waals surface area contributed by atoms with Gasteiger partial charge in [-0.25, -0.2) is 0 Å². The fraction of sp³-hybridized carbons (Fsp3) is 0. The number of nitrogens with one attached hydrogen (secondary N) is 1.